The van der Waals surface area contributed by atoms with Gasteiger partial charge in [-0.3, -0.25) is 4.79 Å². The smallest absolute Gasteiger partial charge is 0.148 e. The van der Waals surface area contributed by atoms with Gasteiger partial charge in [-0.2, -0.15) is 0 Å². The van der Waals surface area contributed by atoms with Crippen molar-refractivity contribution >= 4 is 5.78 Å². The molecule has 1 heteroatoms. The molecule has 0 N–H and O–H groups in total. The summed E-state index contributed by atoms with van der Waals surface area (Å²) in [6.45, 7) is 0. The quantitative estimate of drug-likeness (QED) is 0.463. The Labute approximate surface area is 204 Å². The van der Waals surface area contributed by atoms with Crippen molar-refractivity contribution < 1.29 is 4.79 Å². The van der Waals surface area contributed by atoms with Crippen LogP contribution in [0.1, 0.15) is 74.3 Å². The molecule has 6 fully saturated rings. The van der Waals surface area contributed by atoms with Crippen LogP contribution >= 0.6 is 0 Å². The molecule has 0 amide bonds. The highest BCUT2D eigenvalue weighted by atomic mass is 16.1. The second-order valence-electron chi connectivity index (χ2n) is 13.0. The van der Waals surface area contributed by atoms with Crippen LogP contribution in [0.5, 0.6) is 0 Å². The van der Waals surface area contributed by atoms with Crippen molar-refractivity contribution in [3.8, 4) is 0 Å². The molecule has 2 aromatic rings. The van der Waals surface area contributed by atoms with Crippen molar-refractivity contribution in [2.24, 2.45) is 59.2 Å². The molecule has 0 aliphatic heterocycles. The molecule has 0 spiro atoms. The topological polar surface area (TPSA) is 17.1 Å². The van der Waals surface area contributed by atoms with Gasteiger partial charge in [0.2, 0.25) is 0 Å². The van der Waals surface area contributed by atoms with Gasteiger partial charge in [-0.15, -0.1) is 0 Å². The van der Waals surface area contributed by atoms with E-state index in [1.807, 2.05) is 0 Å². The minimum atomic E-state index is 0.116. The van der Waals surface area contributed by atoms with Gasteiger partial charge in [0, 0.05) is 11.8 Å². The maximum atomic E-state index is 14.4. The van der Waals surface area contributed by atoms with Gasteiger partial charge in [-0.1, -0.05) is 79.9 Å². The monoisotopic (exact) mass is 450 g/mol. The second-order valence-corrected chi connectivity index (χ2v) is 13.0. The molecule has 0 bridgehead atoms. The summed E-state index contributed by atoms with van der Waals surface area (Å²) < 4.78 is 0. The molecule has 0 heterocycles. The van der Waals surface area contributed by atoms with E-state index in [0.29, 0.717) is 17.6 Å². The molecule has 0 radical (unpaired) electrons. The van der Waals surface area contributed by atoms with E-state index >= 15 is 0 Å². The van der Waals surface area contributed by atoms with Crippen LogP contribution in [0.3, 0.4) is 0 Å². The fourth-order valence-electron chi connectivity index (χ4n) is 11.5. The van der Waals surface area contributed by atoms with Crippen molar-refractivity contribution in [2.75, 3.05) is 0 Å². The van der Waals surface area contributed by atoms with Crippen LogP contribution in [0.4, 0.5) is 0 Å². The zero-order valence-electron chi connectivity index (χ0n) is 20.3. The third-order valence-electron chi connectivity index (χ3n) is 12.1. The molecule has 176 valence electrons. The number of fused-ring (bicyclic) bond motifs is 3. The second kappa shape index (κ2) is 7.55. The average molecular weight is 451 g/mol. The molecular formula is C33H38O. The first-order valence-electron chi connectivity index (χ1n) is 14.4. The Morgan fingerprint density at radius 2 is 1.06 bits per heavy atom. The van der Waals surface area contributed by atoms with Crippen molar-refractivity contribution in [3.05, 3.63) is 71.8 Å². The summed E-state index contributed by atoms with van der Waals surface area (Å²) in [5.74, 6) is 9.34. The van der Waals surface area contributed by atoms with Gasteiger partial charge >= 0.3 is 0 Å². The van der Waals surface area contributed by atoms with Crippen LogP contribution in [0.25, 0.3) is 0 Å². The molecule has 6 aliphatic rings. The Balaban J connectivity index is 1.28. The van der Waals surface area contributed by atoms with Gasteiger partial charge in [-0.05, 0) is 102 Å². The summed E-state index contributed by atoms with van der Waals surface area (Å²) in [5.41, 5.74) is 2.61. The summed E-state index contributed by atoms with van der Waals surface area (Å²) in [6.07, 6.45) is 11.8. The molecule has 12 unspecified atom stereocenters. The van der Waals surface area contributed by atoms with E-state index in [-0.39, 0.29) is 11.8 Å². The zero-order valence-corrected chi connectivity index (χ0v) is 20.3. The fourth-order valence-corrected chi connectivity index (χ4v) is 11.5. The standard InChI is InChI=1S/C33H38O/c34-33-28(19-8-3-1-4-9-19)31-24-17-16-22-15-14-21-12-7-13-23-18-25(30(24)27(22)26(21)23)32(31)29(33)20-10-5-2-6-11-20/h1-6,8-11,21-32H,7,12-18H2. The number of hydrogen-bond acceptors (Lipinski definition) is 1. The number of rotatable bonds is 2. The number of Topliss-reactive ketones (excluding diaryl/α,β-unsaturated/α-hetero) is 1. The highest BCUT2D eigenvalue weighted by Gasteiger charge is 2.69. The number of carbonyl (C=O) groups excluding carboxylic acids is 1. The molecule has 2 aromatic carbocycles. The van der Waals surface area contributed by atoms with Gasteiger partial charge in [0.1, 0.15) is 5.78 Å². The lowest BCUT2D eigenvalue weighted by molar-refractivity contribution is -0.127. The molecule has 1 nitrogen and oxygen atoms in total. The molecule has 8 rings (SSSR count). The molecular weight excluding hydrogens is 412 g/mol. The van der Waals surface area contributed by atoms with Crippen molar-refractivity contribution in [2.45, 2.75) is 63.2 Å². The van der Waals surface area contributed by atoms with E-state index < -0.39 is 0 Å². The predicted octanol–water partition coefficient (Wildman–Crippen LogP) is 7.49. The maximum Gasteiger partial charge on any atom is 0.148 e. The first kappa shape index (κ1) is 20.3. The minimum Gasteiger partial charge on any atom is -0.298 e. The minimum absolute atomic E-state index is 0.116. The Morgan fingerprint density at radius 3 is 1.74 bits per heavy atom. The fraction of sp³-hybridized carbons (Fsp3) is 0.606. The zero-order chi connectivity index (χ0) is 22.4. The summed E-state index contributed by atoms with van der Waals surface area (Å²) in [7, 11) is 0. The molecule has 6 aliphatic carbocycles. The van der Waals surface area contributed by atoms with E-state index in [1.54, 1.807) is 0 Å². The Hall–Kier alpha value is -1.89. The van der Waals surface area contributed by atoms with E-state index in [1.165, 1.54) is 62.5 Å². The van der Waals surface area contributed by atoms with Crippen molar-refractivity contribution in [3.63, 3.8) is 0 Å². The van der Waals surface area contributed by atoms with Gasteiger partial charge in [0.05, 0.1) is 0 Å². The Morgan fingerprint density at radius 1 is 0.500 bits per heavy atom. The molecule has 6 saturated carbocycles. The van der Waals surface area contributed by atoms with Gasteiger partial charge in [0.15, 0.2) is 0 Å². The van der Waals surface area contributed by atoms with Gasteiger partial charge < -0.3 is 0 Å². The average Bonchev–Trinajstić information content (AvgIpc) is 3.37. The number of hydrogen-bond donors (Lipinski definition) is 0. The molecule has 34 heavy (non-hydrogen) atoms. The number of carbonyl (C=O) groups is 1. The lowest BCUT2D eigenvalue weighted by Gasteiger charge is -2.60. The Kier molecular flexibility index (Phi) is 4.51. The molecule has 0 aromatic heterocycles. The normalized spacial score (nSPS) is 48.3. The first-order chi connectivity index (χ1) is 16.8. The lowest BCUT2D eigenvalue weighted by atomic mass is 9.45. The SMILES string of the molecule is O=C1C(c2ccccc2)C2C3CCC4CCC5CCCC6CC(C2C1c1ccccc1)C3C4C56. The van der Waals surface area contributed by atoms with Crippen LogP contribution in [0, 0.1) is 59.2 Å². The van der Waals surface area contributed by atoms with Crippen LogP contribution in [-0.4, -0.2) is 5.78 Å². The third kappa shape index (κ3) is 2.65. The summed E-state index contributed by atoms with van der Waals surface area (Å²) in [5, 5.41) is 0. The summed E-state index contributed by atoms with van der Waals surface area (Å²) in [4.78, 5) is 14.4. The largest absolute Gasteiger partial charge is 0.298 e. The van der Waals surface area contributed by atoms with E-state index in [2.05, 4.69) is 60.7 Å². The summed E-state index contributed by atoms with van der Waals surface area (Å²) >= 11 is 0. The predicted molar refractivity (Wildman–Crippen MR) is 135 cm³/mol. The summed E-state index contributed by atoms with van der Waals surface area (Å²) in [6, 6.07) is 21.9. The highest BCUT2D eigenvalue weighted by molar-refractivity contribution is 5.95. The van der Waals surface area contributed by atoms with Gasteiger partial charge in [0.25, 0.3) is 0 Å². The van der Waals surface area contributed by atoms with Crippen LogP contribution < -0.4 is 0 Å². The maximum absolute atomic E-state index is 14.4. The van der Waals surface area contributed by atoms with E-state index in [0.717, 1.165) is 47.3 Å². The van der Waals surface area contributed by atoms with E-state index in [9.17, 15) is 4.79 Å². The highest BCUT2D eigenvalue weighted by Crippen LogP contribution is 2.73. The van der Waals surface area contributed by atoms with Crippen LogP contribution in [0.2, 0.25) is 0 Å². The van der Waals surface area contributed by atoms with E-state index in [4.69, 9.17) is 0 Å². The van der Waals surface area contributed by atoms with Crippen molar-refractivity contribution in [1.29, 1.82) is 0 Å². The first-order valence-corrected chi connectivity index (χ1v) is 14.4. The van der Waals surface area contributed by atoms with Gasteiger partial charge in [-0.25, -0.2) is 0 Å². The molecule has 12 atom stereocenters. The third-order valence-corrected chi connectivity index (χ3v) is 12.1. The lowest BCUT2D eigenvalue weighted by Crippen LogP contribution is -2.53. The number of ketones is 1. The molecule has 0 saturated heterocycles. The van der Waals surface area contributed by atoms with Crippen LogP contribution in [-0.2, 0) is 4.79 Å². The number of benzene rings is 2. The van der Waals surface area contributed by atoms with Crippen molar-refractivity contribution in [1.82, 2.24) is 0 Å². The Bertz CT molecular complexity index is 1070. The van der Waals surface area contributed by atoms with Crippen LogP contribution in [0.15, 0.2) is 60.7 Å².